The third kappa shape index (κ3) is 2.26. The molecule has 0 saturated heterocycles. The van der Waals surface area contributed by atoms with Crippen LogP contribution < -0.4 is 0 Å². The summed E-state index contributed by atoms with van der Waals surface area (Å²) in [5.41, 5.74) is 1.05. The average molecular weight is 279 g/mol. The molecular formula is C14H17NO3S. The first-order valence-corrected chi connectivity index (χ1v) is 7.98. The quantitative estimate of drug-likeness (QED) is 0.840. The molecule has 19 heavy (non-hydrogen) atoms. The van der Waals surface area contributed by atoms with Crippen molar-refractivity contribution in [3.05, 3.63) is 35.4 Å². The molecule has 1 aromatic rings. The van der Waals surface area contributed by atoms with Crippen LogP contribution in [0, 0.1) is 23.7 Å². The molecule has 0 N–H and O–H groups in total. The van der Waals surface area contributed by atoms with Crippen LogP contribution in [0.5, 0.6) is 0 Å². The highest BCUT2D eigenvalue weighted by Crippen LogP contribution is 2.62. The highest BCUT2D eigenvalue weighted by atomic mass is 32.2. The normalized spacial score (nSPS) is 29.8. The monoisotopic (exact) mass is 279 g/mol. The van der Waals surface area contributed by atoms with Gasteiger partial charge in [-0.15, -0.1) is 0 Å². The zero-order chi connectivity index (χ0) is 14.3. The van der Waals surface area contributed by atoms with E-state index in [0.29, 0.717) is 0 Å². The third-order valence-electron chi connectivity index (χ3n) is 3.75. The van der Waals surface area contributed by atoms with Crippen molar-refractivity contribution >= 4 is 9.84 Å². The van der Waals surface area contributed by atoms with Crippen LogP contribution in [0.25, 0.3) is 0 Å². The molecule has 0 radical (unpaired) electrons. The molecular weight excluding hydrogens is 262 g/mol. The fourth-order valence-corrected chi connectivity index (χ4v) is 4.70. The molecule has 102 valence electrons. The van der Waals surface area contributed by atoms with Gasteiger partial charge in [-0.25, -0.2) is 8.42 Å². The van der Waals surface area contributed by atoms with Gasteiger partial charge in [-0.05, 0) is 12.5 Å². The number of benzene rings is 1. The average Bonchev–Trinajstić information content (AvgIpc) is 3.00. The smallest absolute Gasteiger partial charge is 0.152 e. The first-order valence-electron chi connectivity index (χ1n) is 6.02. The van der Waals surface area contributed by atoms with Crippen LogP contribution in [0.3, 0.4) is 0 Å². The lowest BCUT2D eigenvalue weighted by atomic mass is 10.0. The summed E-state index contributed by atoms with van der Waals surface area (Å²) in [6, 6.07) is 9.83. The van der Waals surface area contributed by atoms with Crippen LogP contribution in [-0.2, 0) is 14.6 Å². The van der Waals surface area contributed by atoms with E-state index in [1.165, 1.54) is 13.4 Å². The maximum Gasteiger partial charge on any atom is 0.152 e. The molecule has 0 aliphatic heterocycles. The van der Waals surface area contributed by atoms with E-state index in [1.807, 2.05) is 31.2 Å². The van der Waals surface area contributed by atoms with Crippen molar-refractivity contribution in [2.75, 3.05) is 20.0 Å². The van der Waals surface area contributed by atoms with Gasteiger partial charge in [0.1, 0.15) is 5.41 Å². The number of nitrogens with zero attached hydrogens (tertiary/aromatic N) is 1. The fraction of sp³-hybridized carbons (Fsp3) is 0.500. The van der Waals surface area contributed by atoms with Gasteiger partial charge in [-0.3, -0.25) is 0 Å². The SMILES string of the molecule is COC[C@@]1(C#N)[C@H](c2ccc(C)cc2)[C@@H]1S(C)(=O)=O. The Bertz CT molecular complexity index is 615. The lowest BCUT2D eigenvalue weighted by Gasteiger charge is -2.07. The molecule has 5 heteroatoms. The second-order valence-electron chi connectivity index (χ2n) is 5.22. The summed E-state index contributed by atoms with van der Waals surface area (Å²) in [7, 11) is -1.79. The number of rotatable bonds is 4. The van der Waals surface area contributed by atoms with E-state index >= 15 is 0 Å². The van der Waals surface area contributed by atoms with Crippen LogP contribution >= 0.6 is 0 Å². The Labute approximate surface area is 113 Å². The maximum atomic E-state index is 11.9. The van der Waals surface area contributed by atoms with Crippen LogP contribution in [-0.4, -0.2) is 33.6 Å². The Morgan fingerprint density at radius 2 is 1.95 bits per heavy atom. The molecule has 2 rings (SSSR count). The summed E-state index contributed by atoms with van der Waals surface area (Å²) in [6.45, 7) is 2.11. The van der Waals surface area contributed by atoms with E-state index in [2.05, 4.69) is 6.07 Å². The third-order valence-corrected chi connectivity index (χ3v) is 5.36. The Kier molecular flexibility index (Phi) is 3.41. The van der Waals surface area contributed by atoms with E-state index in [0.717, 1.165) is 11.1 Å². The lowest BCUT2D eigenvalue weighted by Crippen LogP contribution is -2.17. The van der Waals surface area contributed by atoms with Gasteiger partial charge in [-0.2, -0.15) is 5.26 Å². The number of hydrogen-bond donors (Lipinski definition) is 0. The first-order chi connectivity index (χ1) is 8.86. The number of sulfone groups is 1. The highest BCUT2D eigenvalue weighted by Gasteiger charge is 2.71. The molecule has 0 heterocycles. The molecule has 0 amide bonds. The van der Waals surface area contributed by atoms with Crippen molar-refractivity contribution in [2.24, 2.45) is 5.41 Å². The van der Waals surface area contributed by atoms with Gasteiger partial charge in [-0.1, -0.05) is 29.8 Å². The van der Waals surface area contributed by atoms with E-state index in [9.17, 15) is 13.7 Å². The van der Waals surface area contributed by atoms with Crippen LogP contribution in [0.15, 0.2) is 24.3 Å². The zero-order valence-corrected chi connectivity index (χ0v) is 12.1. The van der Waals surface area contributed by atoms with Gasteiger partial charge in [0, 0.05) is 19.3 Å². The Balaban J connectivity index is 2.44. The minimum atomic E-state index is -3.28. The number of ether oxygens (including phenoxy) is 1. The standard InChI is InChI=1S/C14H17NO3S/c1-10-4-6-11(7-5-10)12-13(19(3,16)17)14(12,8-15)9-18-2/h4-7,12-13H,9H2,1-3H3/t12-,13+,14+/m1/s1. The fourth-order valence-electron chi connectivity index (χ4n) is 2.86. The zero-order valence-electron chi connectivity index (χ0n) is 11.3. The number of aryl methyl sites for hydroxylation is 1. The van der Waals surface area contributed by atoms with Gasteiger partial charge in [0.2, 0.25) is 0 Å². The van der Waals surface area contributed by atoms with Crippen LogP contribution in [0.1, 0.15) is 17.0 Å². The Hall–Kier alpha value is -1.38. The second-order valence-corrected chi connectivity index (χ2v) is 7.39. The Morgan fingerprint density at radius 1 is 1.37 bits per heavy atom. The van der Waals surface area contributed by atoms with Crippen molar-refractivity contribution < 1.29 is 13.2 Å². The predicted molar refractivity (Wildman–Crippen MR) is 72.5 cm³/mol. The van der Waals surface area contributed by atoms with Gasteiger partial charge in [0.15, 0.2) is 9.84 Å². The van der Waals surface area contributed by atoms with Gasteiger partial charge in [0.25, 0.3) is 0 Å². The summed E-state index contributed by atoms with van der Waals surface area (Å²) < 4.78 is 28.8. The summed E-state index contributed by atoms with van der Waals surface area (Å²) >= 11 is 0. The van der Waals surface area contributed by atoms with Crippen molar-refractivity contribution in [1.82, 2.24) is 0 Å². The van der Waals surface area contributed by atoms with Gasteiger partial charge in [0.05, 0.1) is 17.9 Å². The molecule has 1 saturated carbocycles. The topological polar surface area (TPSA) is 67.2 Å². The van der Waals surface area contributed by atoms with Crippen LogP contribution in [0.4, 0.5) is 0 Å². The van der Waals surface area contributed by atoms with Crippen molar-refractivity contribution in [3.8, 4) is 6.07 Å². The summed E-state index contributed by atoms with van der Waals surface area (Å²) in [4.78, 5) is 0. The van der Waals surface area contributed by atoms with E-state index < -0.39 is 20.5 Å². The van der Waals surface area contributed by atoms with Crippen molar-refractivity contribution in [2.45, 2.75) is 18.1 Å². The number of methoxy groups -OCH3 is 1. The summed E-state index contributed by atoms with van der Waals surface area (Å²) in [5, 5.41) is 8.74. The molecule has 0 aromatic heterocycles. The molecule has 1 aliphatic carbocycles. The summed E-state index contributed by atoms with van der Waals surface area (Å²) in [5.74, 6) is -0.298. The van der Waals surface area contributed by atoms with E-state index in [-0.39, 0.29) is 12.5 Å². The molecule has 1 fully saturated rings. The largest absolute Gasteiger partial charge is 0.383 e. The molecule has 0 spiro atoms. The second kappa shape index (κ2) is 4.62. The molecule has 1 aromatic carbocycles. The highest BCUT2D eigenvalue weighted by molar-refractivity contribution is 7.91. The van der Waals surface area contributed by atoms with Gasteiger partial charge >= 0.3 is 0 Å². The predicted octanol–water partition coefficient (Wildman–Crippen LogP) is 1.66. The number of hydrogen-bond acceptors (Lipinski definition) is 4. The molecule has 0 unspecified atom stereocenters. The molecule has 3 atom stereocenters. The first kappa shape index (κ1) is 14.0. The molecule has 4 nitrogen and oxygen atoms in total. The summed E-state index contributed by atoms with van der Waals surface area (Å²) in [6.07, 6.45) is 1.19. The van der Waals surface area contributed by atoms with Crippen LogP contribution in [0.2, 0.25) is 0 Å². The van der Waals surface area contributed by atoms with E-state index in [1.54, 1.807) is 0 Å². The molecule has 0 bridgehead atoms. The molecule has 1 aliphatic rings. The minimum absolute atomic E-state index is 0.139. The number of nitriles is 1. The maximum absolute atomic E-state index is 11.9. The van der Waals surface area contributed by atoms with Gasteiger partial charge < -0.3 is 4.74 Å². The van der Waals surface area contributed by atoms with E-state index in [4.69, 9.17) is 4.74 Å². The van der Waals surface area contributed by atoms with Crippen molar-refractivity contribution in [3.63, 3.8) is 0 Å². The van der Waals surface area contributed by atoms with Crippen molar-refractivity contribution in [1.29, 1.82) is 5.26 Å². The minimum Gasteiger partial charge on any atom is -0.383 e. The Morgan fingerprint density at radius 3 is 2.37 bits per heavy atom. The lowest BCUT2D eigenvalue weighted by molar-refractivity contribution is 0.162.